The molecule has 0 saturated carbocycles. The van der Waals surface area contributed by atoms with Gasteiger partial charge in [0.15, 0.2) is 0 Å². The first-order valence-electron chi connectivity index (χ1n) is 13.9. The second-order valence-corrected chi connectivity index (χ2v) is 11.2. The number of likely N-dealkylation sites (tertiary alicyclic amines) is 1. The first kappa shape index (κ1) is 23.1. The number of likely N-dealkylation sites (N-methyl/N-ethyl adjacent to an activating group) is 1. The third kappa shape index (κ3) is 4.07. The molecule has 2 saturated heterocycles. The van der Waals surface area contributed by atoms with Crippen LogP contribution in [0.15, 0.2) is 60.7 Å². The molecule has 3 aliphatic heterocycles. The van der Waals surface area contributed by atoms with Crippen LogP contribution in [0.1, 0.15) is 30.0 Å². The van der Waals surface area contributed by atoms with Crippen LogP contribution in [0.25, 0.3) is 10.8 Å². The van der Waals surface area contributed by atoms with Crippen LogP contribution >= 0.6 is 0 Å². The van der Waals surface area contributed by atoms with Crippen LogP contribution in [0.4, 0.5) is 11.4 Å². The molecule has 3 aromatic rings. The van der Waals surface area contributed by atoms with Crippen molar-refractivity contribution in [3.05, 3.63) is 78.5 Å². The average molecular weight is 495 g/mol. The van der Waals surface area contributed by atoms with Crippen LogP contribution in [0.5, 0.6) is 0 Å². The fourth-order valence-electron chi connectivity index (χ4n) is 6.94. The van der Waals surface area contributed by atoms with Crippen LogP contribution in [0, 0.1) is 6.67 Å². The van der Waals surface area contributed by atoms with E-state index in [2.05, 4.69) is 94.0 Å². The lowest BCUT2D eigenvalue weighted by Gasteiger charge is -2.40. The average Bonchev–Trinajstić information content (AvgIpc) is 3.50. The van der Waals surface area contributed by atoms with Crippen LogP contribution < -0.4 is 9.80 Å². The van der Waals surface area contributed by atoms with E-state index < -0.39 is 0 Å². The Morgan fingerprint density at radius 1 is 0.838 bits per heavy atom. The van der Waals surface area contributed by atoms with Crippen molar-refractivity contribution < 1.29 is 4.79 Å². The van der Waals surface area contributed by atoms with Crippen molar-refractivity contribution in [2.75, 3.05) is 62.7 Å². The maximum absolute atomic E-state index is 13.1. The molecule has 1 amide bonds. The molecule has 191 valence electrons. The summed E-state index contributed by atoms with van der Waals surface area (Å²) in [5.74, 6) is 0.228. The maximum atomic E-state index is 13.1. The number of piperazine rings is 1. The number of amides is 1. The van der Waals surface area contributed by atoms with Gasteiger partial charge in [-0.2, -0.15) is 0 Å². The molecule has 0 N–H and O–H groups in total. The number of anilines is 2. The lowest BCUT2D eigenvalue weighted by atomic mass is 9.98. The Hall–Kier alpha value is -3.09. The molecule has 1 aliphatic carbocycles. The number of piperidine rings is 1. The largest absolute Gasteiger partial charge is 0.343 e. The third-order valence-electron chi connectivity index (χ3n) is 9.02. The van der Waals surface area contributed by atoms with E-state index in [0.29, 0.717) is 18.6 Å². The van der Waals surface area contributed by atoms with E-state index in [-0.39, 0.29) is 5.91 Å². The number of nitrogens with zero attached hydrogens (tertiary/aromatic N) is 5. The zero-order valence-electron chi connectivity index (χ0n) is 21.7. The van der Waals surface area contributed by atoms with Crippen molar-refractivity contribution >= 4 is 28.1 Å². The molecule has 37 heavy (non-hydrogen) atoms. The van der Waals surface area contributed by atoms with Gasteiger partial charge < -0.3 is 19.6 Å². The first-order chi connectivity index (χ1) is 18.2. The van der Waals surface area contributed by atoms with Crippen LogP contribution in [-0.4, -0.2) is 79.5 Å². The molecule has 2 fully saturated rings. The Morgan fingerprint density at radius 2 is 1.57 bits per heavy atom. The summed E-state index contributed by atoms with van der Waals surface area (Å²) in [5.41, 5.74) is 5.41. The molecule has 1 radical (unpaired) electrons. The fourth-order valence-corrected chi connectivity index (χ4v) is 6.94. The van der Waals surface area contributed by atoms with E-state index in [1.807, 2.05) is 4.90 Å². The Labute approximate surface area is 220 Å². The normalized spacial score (nSPS) is 22.7. The standard InChI is InChI=1S/C31H36N5O/c1-32-16-18-34(19-17-32)30(37)21-35-22-36(28-11-3-2-10-27(28)35)25-12-14-33(15-13-25)29-20-24-8-4-6-23-7-5-9-26(29)31(23)24/h2-11,22,25,29H,12-21H2,1H3. The molecule has 6 heteroatoms. The van der Waals surface area contributed by atoms with Gasteiger partial charge in [-0.1, -0.05) is 48.5 Å². The maximum Gasteiger partial charge on any atom is 0.242 e. The van der Waals surface area contributed by atoms with Crippen molar-refractivity contribution in [1.82, 2.24) is 14.7 Å². The molecule has 0 spiro atoms. The molecule has 4 aliphatic rings. The van der Waals surface area contributed by atoms with Crippen molar-refractivity contribution in [3.8, 4) is 0 Å². The van der Waals surface area contributed by atoms with Gasteiger partial charge in [0.05, 0.1) is 17.9 Å². The number of hydrogen-bond acceptors (Lipinski definition) is 5. The Balaban J connectivity index is 1.03. The van der Waals surface area contributed by atoms with Gasteiger partial charge in [0.2, 0.25) is 5.91 Å². The molecular weight excluding hydrogens is 458 g/mol. The monoisotopic (exact) mass is 494 g/mol. The van der Waals surface area contributed by atoms with E-state index in [9.17, 15) is 4.79 Å². The van der Waals surface area contributed by atoms with Crippen LogP contribution in [-0.2, 0) is 11.2 Å². The summed E-state index contributed by atoms with van der Waals surface area (Å²) in [6.45, 7) is 8.40. The summed E-state index contributed by atoms with van der Waals surface area (Å²) in [6, 6.07) is 23.1. The highest BCUT2D eigenvalue weighted by Gasteiger charge is 2.37. The topological polar surface area (TPSA) is 33.3 Å². The fraction of sp³-hybridized carbons (Fsp3) is 0.419. The first-order valence-corrected chi connectivity index (χ1v) is 13.9. The van der Waals surface area contributed by atoms with Gasteiger partial charge in [-0.3, -0.25) is 9.69 Å². The molecule has 7 rings (SSSR count). The third-order valence-corrected chi connectivity index (χ3v) is 9.02. The number of para-hydroxylation sites is 2. The minimum absolute atomic E-state index is 0.228. The van der Waals surface area contributed by atoms with E-state index in [0.717, 1.165) is 64.2 Å². The highest BCUT2D eigenvalue weighted by atomic mass is 16.2. The lowest BCUT2D eigenvalue weighted by Crippen LogP contribution is -2.50. The summed E-state index contributed by atoms with van der Waals surface area (Å²) in [6.07, 6.45) is 3.39. The van der Waals surface area contributed by atoms with Crippen LogP contribution in [0.3, 0.4) is 0 Å². The number of carbonyl (C=O) groups excluding carboxylic acids is 1. The predicted octanol–water partition coefficient (Wildman–Crippen LogP) is 4.12. The van der Waals surface area contributed by atoms with Crippen molar-refractivity contribution in [2.24, 2.45) is 0 Å². The van der Waals surface area contributed by atoms with Crippen molar-refractivity contribution in [2.45, 2.75) is 31.3 Å². The summed E-state index contributed by atoms with van der Waals surface area (Å²) < 4.78 is 0. The minimum atomic E-state index is 0.228. The highest BCUT2D eigenvalue weighted by molar-refractivity contribution is 5.91. The smallest absolute Gasteiger partial charge is 0.242 e. The van der Waals surface area contributed by atoms with Gasteiger partial charge in [-0.25, -0.2) is 0 Å². The predicted molar refractivity (Wildman–Crippen MR) is 150 cm³/mol. The molecular formula is C31H36N5O. The number of fused-ring (bicyclic) bond motifs is 1. The molecule has 0 aromatic heterocycles. The van der Waals surface area contributed by atoms with Gasteiger partial charge in [0, 0.05) is 51.4 Å². The SMILES string of the molecule is CN1CCN(C(=O)CN2[CH]N(C3CCN(C4Cc5cccc6cccc4c56)CC3)c3ccccc32)CC1. The molecule has 1 unspecified atom stereocenters. The van der Waals surface area contributed by atoms with E-state index in [4.69, 9.17) is 0 Å². The molecule has 3 aromatic carbocycles. The van der Waals surface area contributed by atoms with Gasteiger partial charge in [0.25, 0.3) is 0 Å². The Morgan fingerprint density at radius 3 is 2.35 bits per heavy atom. The zero-order valence-corrected chi connectivity index (χ0v) is 21.7. The summed E-state index contributed by atoms with van der Waals surface area (Å²) >= 11 is 0. The highest BCUT2D eigenvalue weighted by Crippen LogP contribution is 2.44. The van der Waals surface area contributed by atoms with E-state index in [1.54, 1.807) is 0 Å². The van der Waals surface area contributed by atoms with E-state index in [1.165, 1.54) is 27.6 Å². The number of rotatable bonds is 4. The van der Waals surface area contributed by atoms with Crippen LogP contribution in [0.2, 0.25) is 0 Å². The van der Waals surface area contributed by atoms with Gasteiger partial charge in [-0.15, -0.1) is 0 Å². The van der Waals surface area contributed by atoms with Gasteiger partial charge in [0.1, 0.15) is 6.67 Å². The molecule has 3 heterocycles. The molecule has 0 bridgehead atoms. The van der Waals surface area contributed by atoms with Gasteiger partial charge >= 0.3 is 0 Å². The van der Waals surface area contributed by atoms with E-state index >= 15 is 0 Å². The number of benzene rings is 3. The Kier molecular flexibility index (Phi) is 5.82. The summed E-state index contributed by atoms with van der Waals surface area (Å²) in [4.78, 5) is 24.8. The summed E-state index contributed by atoms with van der Waals surface area (Å²) in [7, 11) is 2.13. The van der Waals surface area contributed by atoms with Gasteiger partial charge in [-0.05, 0) is 60.3 Å². The minimum Gasteiger partial charge on any atom is -0.343 e. The van der Waals surface area contributed by atoms with Crippen molar-refractivity contribution in [3.63, 3.8) is 0 Å². The Bertz CT molecular complexity index is 1300. The molecule has 6 nitrogen and oxygen atoms in total. The number of carbonyl (C=O) groups is 1. The van der Waals surface area contributed by atoms with Crippen molar-refractivity contribution in [1.29, 1.82) is 0 Å². The second kappa shape index (κ2) is 9.34. The number of hydrogen-bond donors (Lipinski definition) is 0. The second-order valence-electron chi connectivity index (χ2n) is 11.2. The molecule has 1 atom stereocenters. The quantitative estimate of drug-likeness (QED) is 0.545. The summed E-state index contributed by atoms with van der Waals surface area (Å²) in [5, 5.41) is 2.86. The lowest BCUT2D eigenvalue weighted by molar-refractivity contribution is -0.131. The zero-order chi connectivity index (χ0) is 24.9.